The van der Waals surface area contributed by atoms with E-state index >= 15 is 0 Å². The fourth-order valence-electron chi connectivity index (χ4n) is 2.10. The highest BCUT2D eigenvalue weighted by Crippen LogP contribution is 2.35. The van der Waals surface area contributed by atoms with Crippen LogP contribution in [0.15, 0.2) is 30.3 Å². The molecule has 0 spiro atoms. The van der Waals surface area contributed by atoms with E-state index in [1.54, 1.807) is 0 Å². The van der Waals surface area contributed by atoms with Crippen molar-refractivity contribution in [3.8, 4) is 0 Å². The van der Waals surface area contributed by atoms with Crippen molar-refractivity contribution in [1.29, 1.82) is 0 Å². The summed E-state index contributed by atoms with van der Waals surface area (Å²) in [6, 6.07) is 10.9. The molecule has 0 aromatic heterocycles. The minimum atomic E-state index is 0.406. The van der Waals surface area contributed by atoms with Crippen LogP contribution < -0.4 is 0 Å². The van der Waals surface area contributed by atoms with Crippen molar-refractivity contribution >= 4 is 22.9 Å². The Morgan fingerprint density at radius 2 is 1.71 bits per heavy atom. The zero-order valence-corrected chi connectivity index (χ0v) is 10.7. The van der Waals surface area contributed by atoms with Crippen molar-refractivity contribution in [2.24, 2.45) is 0 Å². The molecule has 1 fully saturated rings. The second kappa shape index (κ2) is 4.19. The van der Waals surface area contributed by atoms with E-state index in [2.05, 4.69) is 63.2 Å². The number of halogens is 1. The fourth-order valence-corrected chi connectivity index (χ4v) is 2.58. The number of benzene rings is 1. The van der Waals surface area contributed by atoms with Gasteiger partial charge in [0.25, 0.3) is 0 Å². The third-order valence-corrected chi connectivity index (χ3v) is 4.25. The Kier molecular flexibility index (Phi) is 3.12. The van der Waals surface area contributed by atoms with Gasteiger partial charge < -0.3 is 0 Å². The molecule has 0 bridgehead atoms. The molecule has 76 valence electrons. The van der Waals surface area contributed by atoms with E-state index in [9.17, 15) is 0 Å². The summed E-state index contributed by atoms with van der Waals surface area (Å²) in [5.41, 5.74) is 1.91. The molecule has 0 aliphatic carbocycles. The summed E-state index contributed by atoms with van der Waals surface area (Å²) < 4.78 is 2.39. The average Bonchev–Trinajstić information content (AvgIpc) is 2.24. The number of hydrogen-bond acceptors (Lipinski definition) is 1. The van der Waals surface area contributed by atoms with Gasteiger partial charge in [0.1, 0.15) is 0 Å². The predicted octanol–water partition coefficient (Wildman–Crippen LogP) is 3.39. The largest absolute Gasteiger partial charge is 0.247 e. The minimum absolute atomic E-state index is 0.406. The van der Waals surface area contributed by atoms with Gasteiger partial charge in [-0.1, -0.05) is 37.3 Å². The maximum atomic E-state index is 2.43. The van der Waals surface area contributed by atoms with Gasteiger partial charge in [-0.15, -0.1) is 0 Å². The Morgan fingerprint density at radius 3 is 2.29 bits per heavy atom. The van der Waals surface area contributed by atoms with Gasteiger partial charge in [0.05, 0.1) is 0 Å². The molecule has 2 heteroatoms. The Morgan fingerprint density at radius 1 is 1.14 bits per heavy atom. The number of rotatable bonds is 1. The predicted molar refractivity (Wildman–Crippen MR) is 68.6 cm³/mol. The number of hydrogen-bond donors (Lipinski definition) is 0. The van der Waals surface area contributed by atoms with E-state index in [0.29, 0.717) is 5.41 Å². The van der Waals surface area contributed by atoms with Gasteiger partial charge in [-0.3, -0.25) is 0 Å². The Balaban J connectivity index is 2.17. The molecule has 1 aliphatic heterocycles. The molecule has 2 rings (SSSR count). The summed E-state index contributed by atoms with van der Waals surface area (Å²) in [5, 5.41) is 0. The second-order valence-corrected chi connectivity index (χ2v) is 5.70. The molecular weight excluding hydrogens is 285 g/mol. The lowest BCUT2D eigenvalue weighted by Gasteiger charge is -2.37. The standard InChI is InChI=1S/C12H16IN/c1-12(7-9-14(13)10-8-12)11-5-3-2-4-6-11/h2-6H,7-10H2,1H3. The molecule has 1 aromatic carbocycles. The maximum absolute atomic E-state index is 2.43. The summed E-state index contributed by atoms with van der Waals surface area (Å²) in [4.78, 5) is 0. The monoisotopic (exact) mass is 301 g/mol. The summed E-state index contributed by atoms with van der Waals surface area (Å²) in [5.74, 6) is 0. The molecule has 0 radical (unpaired) electrons. The zero-order chi connectivity index (χ0) is 10.0. The van der Waals surface area contributed by atoms with Gasteiger partial charge in [0.2, 0.25) is 0 Å². The lowest BCUT2D eigenvalue weighted by atomic mass is 9.75. The van der Waals surface area contributed by atoms with Crippen LogP contribution in [0.4, 0.5) is 0 Å². The quantitative estimate of drug-likeness (QED) is 0.568. The van der Waals surface area contributed by atoms with Gasteiger partial charge in [0.15, 0.2) is 0 Å². The average molecular weight is 301 g/mol. The first-order chi connectivity index (χ1) is 6.71. The number of piperidine rings is 1. The van der Waals surface area contributed by atoms with Crippen molar-refractivity contribution in [3.63, 3.8) is 0 Å². The van der Waals surface area contributed by atoms with E-state index in [-0.39, 0.29) is 0 Å². The van der Waals surface area contributed by atoms with Crippen LogP contribution in [0.1, 0.15) is 25.3 Å². The highest BCUT2D eigenvalue weighted by molar-refractivity contribution is 14.1. The van der Waals surface area contributed by atoms with Crippen LogP contribution in [-0.4, -0.2) is 16.2 Å². The first-order valence-electron chi connectivity index (χ1n) is 5.17. The van der Waals surface area contributed by atoms with E-state index in [0.717, 1.165) is 0 Å². The zero-order valence-electron chi connectivity index (χ0n) is 8.54. The molecule has 1 nitrogen and oxygen atoms in total. The van der Waals surface area contributed by atoms with Crippen LogP contribution >= 0.6 is 22.9 Å². The van der Waals surface area contributed by atoms with Gasteiger partial charge in [-0.25, -0.2) is 3.11 Å². The van der Waals surface area contributed by atoms with Crippen LogP contribution in [-0.2, 0) is 5.41 Å². The van der Waals surface area contributed by atoms with Crippen LogP contribution in [0.5, 0.6) is 0 Å². The first kappa shape index (κ1) is 10.4. The molecule has 0 saturated carbocycles. The van der Waals surface area contributed by atoms with Crippen LogP contribution in [0.2, 0.25) is 0 Å². The minimum Gasteiger partial charge on any atom is -0.247 e. The smallest absolute Gasteiger partial charge is 0.0201 e. The van der Waals surface area contributed by atoms with Crippen molar-refractivity contribution < 1.29 is 0 Å². The molecule has 0 unspecified atom stereocenters. The molecule has 1 aliphatic rings. The topological polar surface area (TPSA) is 3.24 Å². The summed E-state index contributed by atoms with van der Waals surface area (Å²) >= 11 is 2.43. The van der Waals surface area contributed by atoms with Crippen molar-refractivity contribution in [2.75, 3.05) is 13.1 Å². The van der Waals surface area contributed by atoms with Crippen molar-refractivity contribution in [2.45, 2.75) is 25.2 Å². The van der Waals surface area contributed by atoms with Gasteiger partial charge >= 0.3 is 0 Å². The second-order valence-electron chi connectivity index (χ2n) is 4.34. The van der Waals surface area contributed by atoms with Crippen molar-refractivity contribution in [3.05, 3.63) is 35.9 Å². The normalized spacial score (nSPS) is 22.1. The summed E-state index contributed by atoms with van der Waals surface area (Å²) in [6.07, 6.45) is 2.56. The van der Waals surface area contributed by atoms with Gasteiger partial charge in [0, 0.05) is 36.0 Å². The third-order valence-electron chi connectivity index (χ3n) is 3.28. The first-order valence-corrected chi connectivity index (χ1v) is 6.13. The summed E-state index contributed by atoms with van der Waals surface area (Å²) in [6.45, 7) is 4.82. The Bertz CT molecular complexity index is 288. The van der Waals surface area contributed by atoms with Crippen LogP contribution in [0.3, 0.4) is 0 Å². The molecule has 14 heavy (non-hydrogen) atoms. The SMILES string of the molecule is CC1(c2ccccc2)CCN(I)CC1. The van der Waals surface area contributed by atoms with Gasteiger partial charge in [-0.05, 0) is 23.8 Å². The van der Waals surface area contributed by atoms with E-state index in [1.165, 1.54) is 31.5 Å². The van der Waals surface area contributed by atoms with Crippen molar-refractivity contribution in [1.82, 2.24) is 3.11 Å². The van der Waals surface area contributed by atoms with Gasteiger partial charge in [-0.2, -0.15) is 0 Å². The molecule has 0 atom stereocenters. The maximum Gasteiger partial charge on any atom is 0.0201 e. The van der Waals surface area contributed by atoms with E-state index < -0.39 is 0 Å². The molecular formula is C12H16IN. The molecule has 1 saturated heterocycles. The van der Waals surface area contributed by atoms with Crippen LogP contribution in [0, 0.1) is 0 Å². The number of nitrogens with zero attached hydrogens (tertiary/aromatic N) is 1. The Labute approximate surface area is 100.0 Å². The summed E-state index contributed by atoms with van der Waals surface area (Å²) in [7, 11) is 0. The highest BCUT2D eigenvalue weighted by Gasteiger charge is 2.30. The molecule has 0 amide bonds. The van der Waals surface area contributed by atoms with E-state index in [4.69, 9.17) is 0 Å². The molecule has 0 N–H and O–H groups in total. The van der Waals surface area contributed by atoms with Crippen LogP contribution in [0.25, 0.3) is 0 Å². The third kappa shape index (κ3) is 2.11. The lowest BCUT2D eigenvalue weighted by Crippen LogP contribution is -2.36. The highest BCUT2D eigenvalue weighted by atomic mass is 127. The Hall–Kier alpha value is -0.0900. The molecule has 1 heterocycles. The fraction of sp³-hybridized carbons (Fsp3) is 0.500. The lowest BCUT2D eigenvalue weighted by molar-refractivity contribution is 0.278. The molecule has 1 aromatic rings. The van der Waals surface area contributed by atoms with E-state index in [1.807, 2.05) is 0 Å².